The van der Waals surface area contributed by atoms with Crippen LogP contribution >= 0.6 is 27.7 Å². The molecule has 1 aromatic heterocycles. The first-order chi connectivity index (χ1) is 15.9. The van der Waals surface area contributed by atoms with Crippen LogP contribution in [0.1, 0.15) is 18.1 Å². The highest BCUT2D eigenvalue weighted by molar-refractivity contribution is 9.10. The standard InChI is InChI=1S/C25H21BrN4O2S/c1-16-8-3-6-13-22(16)30-24(32)20-11-4-5-12-21(20)27-25(30)33-15-23(31)29-28-17(2)18-9-7-10-19(26)14-18/h3-14H,15H2,1-2H3,(H,29,31). The molecule has 0 unspecified atom stereocenters. The monoisotopic (exact) mass is 520 g/mol. The average Bonchev–Trinajstić information content (AvgIpc) is 2.82. The fourth-order valence-corrected chi connectivity index (χ4v) is 4.52. The summed E-state index contributed by atoms with van der Waals surface area (Å²) in [5, 5.41) is 5.19. The Balaban J connectivity index is 1.60. The van der Waals surface area contributed by atoms with Crippen LogP contribution in [0.25, 0.3) is 16.6 Å². The molecule has 0 spiro atoms. The van der Waals surface area contributed by atoms with Gasteiger partial charge in [0.2, 0.25) is 0 Å². The minimum Gasteiger partial charge on any atom is -0.272 e. The number of hydrogen-bond donors (Lipinski definition) is 1. The summed E-state index contributed by atoms with van der Waals surface area (Å²) in [5.41, 5.74) is 6.30. The van der Waals surface area contributed by atoms with E-state index in [-0.39, 0.29) is 17.2 Å². The van der Waals surface area contributed by atoms with Crippen LogP contribution in [-0.2, 0) is 4.79 Å². The number of nitrogens with zero attached hydrogens (tertiary/aromatic N) is 3. The number of amides is 1. The van der Waals surface area contributed by atoms with E-state index in [9.17, 15) is 9.59 Å². The normalized spacial score (nSPS) is 11.5. The Hall–Kier alpha value is -3.23. The van der Waals surface area contributed by atoms with E-state index in [0.717, 1.165) is 21.3 Å². The molecule has 33 heavy (non-hydrogen) atoms. The fraction of sp³-hybridized carbons (Fsp3) is 0.120. The van der Waals surface area contributed by atoms with Crippen LogP contribution in [0.15, 0.2) is 92.3 Å². The average molecular weight is 521 g/mol. The first-order valence-corrected chi connectivity index (χ1v) is 12.0. The molecule has 0 atom stereocenters. The zero-order chi connectivity index (χ0) is 23.4. The third-order valence-corrected chi connectivity index (χ3v) is 6.46. The van der Waals surface area contributed by atoms with Gasteiger partial charge in [-0.15, -0.1) is 0 Å². The minimum absolute atomic E-state index is 0.0614. The molecule has 0 saturated heterocycles. The summed E-state index contributed by atoms with van der Waals surface area (Å²) < 4.78 is 2.51. The Morgan fingerprint density at radius 2 is 1.85 bits per heavy atom. The number of thioether (sulfide) groups is 1. The van der Waals surface area contributed by atoms with Gasteiger partial charge in [0.1, 0.15) is 0 Å². The molecule has 166 valence electrons. The molecule has 1 N–H and O–H groups in total. The molecule has 0 aliphatic heterocycles. The predicted molar refractivity (Wildman–Crippen MR) is 137 cm³/mol. The summed E-state index contributed by atoms with van der Waals surface area (Å²) in [6, 6.07) is 22.5. The van der Waals surface area contributed by atoms with Crippen molar-refractivity contribution in [2.45, 2.75) is 19.0 Å². The Morgan fingerprint density at radius 3 is 2.64 bits per heavy atom. The summed E-state index contributed by atoms with van der Waals surface area (Å²) in [6.45, 7) is 3.77. The molecule has 0 radical (unpaired) electrons. The Labute approximate surface area is 203 Å². The molecule has 0 aliphatic carbocycles. The molecule has 4 rings (SSSR count). The van der Waals surface area contributed by atoms with Gasteiger partial charge in [-0.1, -0.05) is 70.2 Å². The van der Waals surface area contributed by atoms with Gasteiger partial charge in [-0.3, -0.25) is 14.2 Å². The second-order valence-corrected chi connectivity index (χ2v) is 9.23. The molecular weight excluding hydrogens is 500 g/mol. The van der Waals surface area contributed by atoms with Crippen LogP contribution in [-0.4, -0.2) is 26.9 Å². The minimum atomic E-state index is -0.284. The molecule has 8 heteroatoms. The van der Waals surface area contributed by atoms with Crippen molar-refractivity contribution in [2.75, 3.05) is 5.75 Å². The Morgan fingerprint density at radius 1 is 1.09 bits per heavy atom. The molecule has 1 amide bonds. The van der Waals surface area contributed by atoms with Gasteiger partial charge in [-0.25, -0.2) is 10.4 Å². The van der Waals surface area contributed by atoms with E-state index in [0.29, 0.717) is 21.8 Å². The third-order valence-electron chi connectivity index (χ3n) is 5.02. The first-order valence-electron chi connectivity index (χ1n) is 10.2. The van der Waals surface area contributed by atoms with Gasteiger partial charge in [0, 0.05) is 4.47 Å². The van der Waals surface area contributed by atoms with E-state index >= 15 is 0 Å². The van der Waals surface area contributed by atoms with Crippen molar-refractivity contribution in [2.24, 2.45) is 5.10 Å². The lowest BCUT2D eigenvalue weighted by molar-refractivity contribution is -0.118. The zero-order valence-corrected chi connectivity index (χ0v) is 20.5. The molecule has 1 heterocycles. The second kappa shape index (κ2) is 10.1. The molecule has 3 aromatic carbocycles. The molecule has 4 aromatic rings. The lowest BCUT2D eigenvalue weighted by Gasteiger charge is -2.14. The second-order valence-electron chi connectivity index (χ2n) is 7.37. The number of hydrogen-bond acceptors (Lipinski definition) is 5. The van der Waals surface area contributed by atoms with Crippen LogP contribution in [0.4, 0.5) is 0 Å². The smallest absolute Gasteiger partial charge is 0.266 e. The van der Waals surface area contributed by atoms with Crippen LogP contribution < -0.4 is 11.0 Å². The van der Waals surface area contributed by atoms with Crippen LogP contribution in [0.3, 0.4) is 0 Å². The van der Waals surface area contributed by atoms with Gasteiger partial charge in [0.05, 0.1) is 28.1 Å². The molecule has 0 aliphatic rings. The van der Waals surface area contributed by atoms with Gasteiger partial charge >= 0.3 is 0 Å². The van der Waals surface area contributed by atoms with Gasteiger partial charge in [-0.05, 0) is 55.3 Å². The van der Waals surface area contributed by atoms with Crippen molar-refractivity contribution in [1.82, 2.24) is 15.0 Å². The van der Waals surface area contributed by atoms with Crippen LogP contribution in [0.2, 0.25) is 0 Å². The fourth-order valence-electron chi connectivity index (χ4n) is 3.32. The molecular formula is C25H21BrN4O2S. The Kier molecular flexibility index (Phi) is 7.05. The number of rotatable bonds is 6. The van der Waals surface area contributed by atoms with Crippen molar-refractivity contribution in [3.05, 3.63) is 98.7 Å². The molecule has 0 fully saturated rings. The number of hydrazone groups is 1. The maximum atomic E-state index is 13.3. The number of para-hydroxylation sites is 2. The topological polar surface area (TPSA) is 76.3 Å². The quantitative estimate of drug-likeness (QED) is 0.166. The molecule has 0 bridgehead atoms. The van der Waals surface area contributed by atoms with Crippen molar-refractivity contribution < 1.29 is 4.79 Å². The summed E-state index contributed by atoms with van der Waals surface area (Å²) in [5.74, 6) is -0.223. The highest BCUT2D eigenvalue weighted by atomic mass is 79.9. The van der Waals surface area contributed by atoms with Crippen molar-refractivity contribution in [3.8, 4) is 5.69 Å². The summed E-state index contributed by atoms with van der Waals surface area (Å²) in [4.78, 5) is 30.5. The van der Waals surface area contributed by atoms with E-state index < -0.39 is 0 Å². The van der Waals surface area contributed by atoms with Crippen LogP contribution in [0.5, 0.6) is 0 Å². The maximum absolute atomic E-state index is 13.3. The van der Waals surface area contributed by atoms with Gasteiger partial charge in [0.25, 0.3) is 11.5 Å². The van der Waals surface area contributed by atoms with Crippen molar-refractivity contribution in [1.29, 1.82) is 0 Å². The third kappa shape index (κ3) is 5.23. The van der Waals surface area contributed by atoms with Crippen LogP contribution in [0, 0.1) is 6.92 Å². The van der Waals surface area contributed by atoms with Gasteiger partial charge < -0.3 is 0 Å². The van der Waals surface area contributed by atoms with Gasteiger partial charge in [-0.2, -0.15) is 5.10 Å². The molecule has 0 saturated carbocycles. The van der Waals surface area contributed by atoms with Crippen molar-refractivity contribution >= 4 is 50.2 Å². The summed E-state index contributed by atoms with van der Waals surface area (Å²) in [7, 11) is 0. The van der Waals surface area contributed by atoms with Crippen molar-refractivity contribution in [3.63, 3.8) is 0 Å². The van der Waals surface area contributed by atoms with E-state index in [1.807, 2.05) is 74.5 Å². The summed E-state index contributed by atoms with van der Waals surface area (Å²) >= 11 is 4.64. The zero-order valence-electron chi connectivity index (χ0n) is 18.1. The maximum Gasteiger partial charge on any atom is 0.266 e. The number of nitrogens with one attached hydrogen (secondary N) is 1. The predicted octanol–water partition coefficient (Wildman–Crippen LogP) is 5.09. The highest BCUT2D eigenvalue weighted by Gasteiger charge is 2.16. The summed E-state index contributed by atoms with van der Waals surface area (Å²) in [6.07, 6.45) is 0. The first kappa shape index (κ1) is 22.9. The molecule has 6 nitrogen and oxygen atoms in total. The number of fused-ring (bicyclic) bond motifs is 1. The number of halogens is 1. The highest BCUT2D eigenvalue weighted by Crippen LogP contribution is 2.23. The van der Waals surface area contributed by atoms with Gasteiger partial charge in [0.15, 0.2) is 5.16 Å². The van der Waals surface area contributed by atoms with E-state index in [4.69, 9.17) is 0 Å². The lowest BCUT2D eigenvalue weighted by Crippen LogP contribution is -2.25. The number of benzene rings is 3. The lowest BCUT2D eigenvalue weighted by atomic mass is 10.1. The van der Waals surface area contributed by atoms with E-state index in [2.05, 4.69) is 31.4 Å². The Bertz CT molecular complexity index is 1430. The van der Waals surface area contributed by atoms with E-state index in [1.165, 1.54) is 11.8 Å². The number of carbonyl (C=O) groups excluding carboxylic acids is 1. The number of aromatic nitrogens is 2. The number of carbonyl (C=O) groups is 1. The largest absolute Gasteiger partial charge is 0.272 e. The van der Waals surface area contributed by atoms with E-state index in [1.54, 1.807) is 16.7 Å². The SMILES string of the molecule is CC(=NNC(=O)CSc1nc2ccccc2c(=O)n1-c1ccccc1C)c1cccc(Br)c1. The number of aryl methyl sites for hydroxylation is 1.